The molecule has 2 rings (SSSR count). The number of nitrogens with two attached hydrogens (primary N) is 1. The first-order valence-electron chi connectivity index (χ1n) is 5.59. The molecule has 0 atom stereocenters. The maximum absolute atomic E-state index is 12.1. The van der Waals surface area contributed by atoms with Gasteiger partial charge in [0.05, 0.1) is 0 Å². The predicted octanol–water partition coefficient (Wildman–Crippen LogP) is 0.0564. The SMILES string of the molecule is C=C(N)c1ccc(C(=O)N2CCNCC2)nc1. The van der Waals surface area contributed by atoms with Crippen LogP contribution < -0.4 is 11.1 Å². The van der Waals surface area contributed by atoms with Crippen LogP contribution >= 0.6 is 0 Å². The molecule has 0 radical (unpaired) electrons. The van der Waals surface area contributed by atoms with Gasteiger partial charge >= 0.3 is 0 Å². The molecular weight excluding hydrogens is 216 g/mol. The van der Waals surface area contributed by atoms with Gasteiger partial charge in [0.2, 0.25) is 0 Å². The van der Waals surface area contributed by atoms with Gasteiger partial charge in [-0.25, -0.2) is 0 Å². The molecule has 0 aromatic carbocycles. The van der Waals surface area contributed by atoms with Crippen LogP contribution in [0.2, 0.25) is 0 Å². The average molecular weight is 232 g/mol. The quantitative estimate of drug-likeness (QED) is 0.756. The van der Waals surface area contributed by atoms with Gasteiger partial charge in [0, 0.05) is 43.6 Å². The number of hydrogen-bond acceptors (Lipinski definition) is 4. The van der Waals surface area contributed by atoms with Gasteiger partial charge in [-0.1, -0.05) is 6.58 Å². The highest BCUT2D eigenvalue weighted by atomic mass is 16.2. The van der Waals surface area contributed by atoms with E-state index in [1.54, 1.807) is 23.2 Å². The number of nitrogens with zero attached hydrogens (tertiary/aromatic N) is 2. The van der Waals surface area contributed by atoms with E-state index in [9.17, 15) is 4.79 Å². The topological polar surface area (TPSA) is 71.2 Å². The lowest BCUT2D eigenvalue weighted by molar-refractivity contribution is 0.0730. The third kappa shape index (κ3) is 2.62. The Labute approximate surface area is 100 Å². The van der Waals surface area contributed by atoms with Crippen molar-refractivity contribution in [2.45, 2.75) is 0 Å². The summed E-state index contributed by atoms with van der Waals surface area (Å²) < 4.78 is 0. The Hall–Kier alpha value is -1.88. The van der Waals surface area contributed by atoms with Gasteiger partial charge in [0.1, 0.15) is 5.69 Å². The largest absolute Gasteiger partial charge is 0.399 e. The van der Waals surface area contributed by atoms with Crippen LogP contribution in [0.3, 0.4) is 0 Å². The van der Waals surface area contributed by atoms with Gasteiger partial charge in [-0.3, -0.25) is 9.78 Å². The van der Waals surface area contributed by atoms with Crippen molar-refractivity contribution in [3.8, 4) is 0 Å². The van der Waals surface area contributed by atoms with Gasteiger partial charge < -0.3 is 16.0 Å². The summed E-state index contributed by atoms with van der Waals surface area (Å²) in [7, 11) is 0. The van der Waals surface area contributed by atoms with Crippen molar-refractivity contribution in [1.82, 2.24) is 15.2 Å². The molecule has 1 saturated heterocycles. The molecular formula is C12H16N4O. The van der Waals surface area contributed by atoms with Crippen LogP contribution in [-0.2, 0) is 0 Å². The highest BCUT2D eigenvalue weighted by Gasteiger charge is 2.18. The van der Waals surface area contributed by atoms with Gasteiger partial charge in [-0.2, -0.15) is 0 Å². The molecule has 1 aliphatic heterocycles. The second kappa shape index (κ2) is 4.97. The molecule has 1 amide bonds. The molecule has 17 heavy (non-hydrogen) atoms. The van der Waals surface area contributed by atoms with E-state index in [-0.39, 0.29) is 5.91 Å². The van der Waals surface area contributed by atoms with Crippen LogP contribution in [0.15, 0.2) is 24.9 Å². The maximum atomic E-state index is 12.1. The molecule has 90 valence electrons. The molecule has 1 aromatic rings. The molecule has 0 aliphatic carbocycles. The number of hydrogen-bond donors (Lipinski definition) is 2. The minimum absolute atomic E-state index is 0.0271. The summed E-state index contributed by atoms with van der Waals surface area (Å²) in [5.74, 6) is -0.0271. The fourth-order valence-electron chi connectivity index (χ4n) is 1.74. The van der Waals surface area contributed by atoms with Crippen LogP contribution in [0.4, 0.5) is 0 Å². The number of aromatic nitrogens is 1. The van der Waals surface area contributed by atoms with Crippen molar-refractivity contribution in [1.29, 1.82) is 0 Å². The second-order valence-corrected chi connectivity index (χ2v) is 4.00. The smallest absolute Gasteiger partial charge is 0.272 e. The lowest BCUT2D eigenvalue weighted by atomic mass is 10.2. The first kappa shape index (κ1) is 11.6. The van der Waals surface area contributed by atoms with E-state index >= 15 is 0 Å². The first-order valence-corrected chi connectivity index (χ1v) is 5.59. The summed E-state index contributed by atoms with van der Waals surface area (Å²) in [6, 6.07) is 3.46. The maximum Gasteiger partial charge on any atom is 0.272 e. The van der Waals surface area contributed by atoms with Gasteiger partial charge in [-0.15, -0.1) is 0 Å². The summed E-state index contributed by atoms with van der Waals surface area (Å²) in [5.41, 5.74) is 7.21. The van der Waals surface area contributed by atoms with Crippen molar-refractivity contribution >= 4 is 11.6 Å². The Morgan fingerprint density at radius 1 is 1.41 bits per heavy atom. The second-order valence-electron chi connectivity index (χ2n) is 4.00. The Kier molecular flexibility index (Phi) is 3.39. The lowest BCUT2D eigenvalue weighted by Crippen LogP contribution is -2.46. The third-order valence-corrected chi connectivity index (χ3v) is 2.76. The molecule has 0 bridgehead atoms. The summed E-state index contributed by atoms with van der Waals surface area (Å²) in [4.78, 5) is 18.0. The molecule has 0 spiro atoms. The number of rotatable bonds is 2. The molecule has 1 aromatic heterocycles. The summed E-state index contributed by atoms with van der Waals surface area (Å²) in [6.07, 6.45) is 1.58. The average Bonchev–Trinajstić information content (AvgIpc) is 2.39. The summed E-state index contributed by atoms with van der Waals surface area (Å²) in [5, 5.41) is 3.20. The van der Waals surface area contributed by atoms with E-state index in [1.165, 1.54) is 0 Å². The van der Waals surface area contributed by atoms with Gasteiger partial charge in [0.25, 0.3) is 5.91 Å². The van der Waals surface area contributed by atoms with E-state index in [1.807, 2.05) is 0 Å². The van der Waals surface area contributed by atoms with Crippen molar-refractivity contribution in [2.24, 2.45) is 5.73 Å². The lowest BCUT2D eigenvalue weighted by Gasteiger charge is -2.27. The number of carbonyl (C=O) groups is 1. The summed E-state index contributed by atoms with van der Waals surface area (Å²) in [6.45, 7) is 6.75. The summed E-state index contributed by atoms with van der Waals surface area (Å²) >= 11 is 0. The first-order chi connectivity index (χ1) is 8.18. The van der Waals surface area contributed by atoms with Crippen LogP contribution in [0.5, 0.6) is 0 Å². The minimum Gasteiger partial charge on any atom is -0.399 e. The van der Waals surface area contributed by atoms with Gasteiger partial charge in [0.15, 0.2) is 0 Å². The molecule has 1 fully saturated rings. The zero-order chi connectivity index (χ0) is 12.3. The molecule has 3 N–H and O–H groups in total. The Balaban J connectivity index is 2.10. The van der Waals surface area contributed by atoms with Crippen LogP contribution in [-0.4, -0.2) is 42.0 Å². The van der Waals surface area contributed by atoms with E-state index in [4.69, 9.17) is 5.73 Å². The van der Waals surface area contributed by atoms with Crippen molar-refractivity contribution in [2.75, 3.05) is 26.2 Å². The Morgan fingerprint density at radius 2 is 2.12 bits per heavy atom. The van der Waals surface area contributed by atoms with Crippen molar-refractivity contribution < 1.29 is 4.79 Å². The molecule has 1 aliphatic rings. The molecule has 5 nitrogen and oxygen atoms in total. The van der Waals surface area contributed by atoms with Crippen LogP contribution in [0.1, 0.15) is 16.1 Å². The Morgan fingerprint density at radius 3 is 2.65 bits per heavy atom. The fraction of sp³-hybridized carbons (Fsp3) is 0.333. The van der Waals surface area contributed by atoms with E-state index < -0.39 is 0 Å². The predicted molar refractivity (Wildman–Crippen MR) is 66.2 cm³/mol. The number of pyridine rings is 1. The van der Waals surface area contributed by atoms with E-state index in [2.05, 4.69) is 16.9 Å². The number of amides is 1. The van der Waals surface area contributed by atoms with Gasteiger partial charge in [-0.05, 0) is 12.1 Å². The Bertz CT molecular complexity index is 421. The highest BCUT2D eigenvalue weighted by Crippen LogP contribution is 2.08. The molecule has 2 heterocycles. The third-order valence-electron chi connectivity index (χ3n) is 2.76. The normalized spacial score (nSPS) is 15.6. The monoisotopic (exact) mass is 232 g/mol. The zero-order valence-electron chi connectivity index (χ0n) is 9.65. The standard InChI is InChI=1S/C12H16N4O/c1-9(13)10-2-3-11(15-8-10)12(17)16-6-4-14-5-7-16/h2-3,8,14H,1,4-7,13H2. The van der Waals surface area contributed by atoms with Crippen LogP contribution in [0, 0.1) is 0 Å². The number of nitrogens with one attached hydrogen (secondary N) is 1. The number of piperazine rings is 1. The van der Waals surface area contributed by atoms with E-state index in [0.29, 0.717) is 11.4 Å². The fourth-order valence-corrected chi connectivity index (χ4v) is 1.74. The van der Waals surface area contributed by atoms with Crippen LogP contribution in [0.25, 0.3) is 5.70 Å². The molecule has 0 saturated carbocycles. The zero-order valence-corrected chi connectivity index (χ0v) is 9.65. The molecule has 0 unspecified atom stereocenters. The van der Waals surface area contributed by atoms with Crippen molar-refractivity contribution in [3.05, 3.63) is 36.2 Å². The minimum atomic E-state index is -0.0271. The van der Waals surface area contributed by atoms with Crippen molar-refractivity contribution in [3.63, 3.8) is 0 Å². The molecule has 5 heteroatoms. The highest BCUT2D eigenvalue weighted by molar-refractivity contribution is 5.92. The van der Waals surface area contributed by atoms with E-state index in [0.717, 1.165) is 31.7 Å². The number of carbonyl (C=O) groups excluding carboxylic acids is 1.